The minimum absolute atomic E-state index is 0.332. The van der Waals surface area contributed by atoms with Gasteiger partial charge in [-0.3, -0.25) is 4.79 Å². The molecule has 0 aliphatic carbocycles. The van der Waals surface area contributed by atoms with Gasteiger partial charge in [-0.1, -0.05) is 18.2 Å². The monoisotopic (exact) mass is 329 g/mol. The van der Waals surface area contributed by atoms with Crippen LogP contribution in [0, 0.1) is 5.82 Å². The number of nitrogens with one attached hydrogen (secondary N) is 1. The second-order valence-corrected chi connectivity index (χ2v) is 5.87. The maximum atomic E-state index is 13.1. The summed E-state index contributed by atoms with van der Waals surface area (Å²) in [6.45, 7) is -0.379. The number of benzene rings is 2. The summed E-state index contributed by atoms with van der Waals surface area (Å²) in [5.74, 6) is -1.39. The Morgan fingerprint density at radius 3 is 2.65 bits per heavy atom. The summed E-state index contributed by atoms with van der Waals surface area (Å²) in [7, 11) is 0. The van der Waals surface area contributed by atoms with E-state index in [1.54, 1.807) is 36.4 Å². The highest BCUT2D eigenvalue weighted by molar-refractivity contribution is 7.20. The van der Waals surface area contributed by atoms with Crippen molar-refractivity contribution in [3.8, 4) is 0 Å². The SMILES string of the molecule is O=C(COC(=O)c1cc2cc(F)ccc2s1)Nc1ccccc1. The van der Waals surface area contributed by atoms with Gasteiger partial charge in [-0.25, -0.2) is 9.18 Å². The predicted octanol–water partition coefficient (Wildman–Crippen LogP) is 3.84. The number of anilines is 1. The smallest absolute Gasteiger partial charge is 0.348 e. The van der Waals surface area contributed by atoms with Gasteiger partial charge in [0.05, 0.1) is 0 Å². The predicted molar refractivity (Wildman–Crippen MR) is 87.1 cm³/mol. The van der Waals surface area contributed by atoms with E-state index in [2.05, 4.69) is 5.32 Å². The number of thiophene rings is 1. The topological polar surface area (TPSA) is 55.4 Å². The third-order valence-corrected chi connectivity index (χ3v) is 4.17. The van der Waals surface area contributed by atoms with Gasteiger partial charge in [-0.05, 0) is 41.8 Å². The molecule has 0 fully saturated rings. The van der Waals surface area contributed by atoms with Crippen molar-refractivity contribution in [1.82, 2.24) is 0 Å². The molecule has 1 aromatic heterocycles. The van der Waals surface area contributed by atoms with Gasteiger partial charge in [0.1, 0.15) is 10.7 Å². The van der Waals surface area contributed by atoms with Crippen LogP contribution in [0.1, 0.15) is 9.67 Å². The molecule has 3 aromatic rings. The average molecular weight is 329 g/mol. The molecule has 1 heterocycles. The maximum absolute atomic E-state index is 13.1. The van der Waals surface area contributed by atoms with E-state index in [1.165, 1.54) is 23.5 Å². The van der Waals surface area contributed by atoms with Crippen molar-refractivity contribution in [3.05, 3.63) is 65.3 Å². The Morgan fingerprint density at radius 1 is 1.09 bits per heavy atom. The number of carbonyl (C=O) groups is 2. The molecule has 1 amide bonds. The first kappa shape index (κ1) is 15.2. The molecule has 0 aliphatic rings. The van der Waals surface area contributed by atoms with Gasteiger partial charge in [-0.15, -0.1) is 11.3 Å². The molecule has 2 aromatic carbocycles. The number of fused-ring (bicyclic) bond motifs is 1. The Labute approximate surface area is 135 Å². The molecule has 0 aliphatic heterocycles. The molecule has 0 saturated heterocycles. The van der Waals surface area contributed by atoms with Gasteiger partial charge in [0, 0.05) is 10.4 Å². The summed E-state index contributed by atoms with van der Waals surface area (Å²) in [6.07, 6.45) is 0. The molecule has 0 spiro atoms. The molecule has 23 heavy (non-hydrogen) atoms. The number of para-hydroxylation sites is 1. The van der Waals surface area contributed by atoms with Crippen LogP contribution in [0.4, 0.5) is 10.1 Å². The Morgan fingerprint density at radius 2 is 1.87 bits per heavy atom. The Balaban J connectivity index is 1.61. The van der Waals surface area contributed by atoms with Crippen LogP contribution in [0.3, 0.4) is 0 Å². The van der Waals surface area contributed by atoms with Crippen molar-refractivity contribution in [1.29, 1.82) is 0 Å². The molecular weight excluding hydrogens is 317 g/mol. The normalized spacial score (nSPS) is 10.5. The van der Waals surface area contributed by atoms with Crippen molar-refractivity contribution >= 4 is 39.0 Å². The van der Waals surface area contributed by atoms with E-state index < -0.39 is 11.9 Å². The third-order valence-electron chi connectivity index (χ3n) is 3.07. The number of rotatable bonds is 4. The van der Waals surface area contributed by atoms with Gasteiger partial charge in [0.25, 0.3) is 5.91 Å². The molecule has 0 bridgehead atoms. The lowest BCUT2D eigenvalue weighted by atomic mass is 10.2. The first-order valence-corrected chi connectivity index (χ1v) is 7.64. The van der Waals surface area contributed by atoms with E-state index in [-0.39, 0.29) is 12.4 Å². The number of hydrogen-bond donors (Lipinski definition) is 1. The minimum Gasteiger partial charge on any atom is -0.451 e. The van der Waals surface area contributed by atoms with E-state index in [1.807, 2.05) is 6.07 Å². The van der Waals surface area contributed by atoms with Gasteiger partial charge in [0.15, 0.2) is 6.61 Å². The number of ether oxygens (including phenoxy) is 1. The van der Waals surface area contributed by atoms with Crippen molar-refractivity contribution < 1.29 is 18.7 Å². The van der Waals surface area contributed by atoms with Crippen LogP contribution < -0.4 is 5.32 Å². The fourth-order valence-electron chi connectivity index (χ4n) is 2.04. The van der Waals surface area contributed by atoms with Crippen molar-refractivity contribution in [3.63, 3.8) is 0 Å². The molecule has 1 N–H and O–H groups in total. The van der Waals surface area contributed by atoms with Gasteiger partial charge < -0.3 is 10.1 Å². The lowest BCUT2D eigenvalue weighted by molar-refractivity contribution is -0.119. The maximum Gasteiger partial charge on any atom is 0.348 e. The first-order valence-electron chi connectivity index (χ1n) is 6.83. The fraction of sp³-hybridized carbons (Fsp3) is 0.0588. The van der Waals surface area contributed by atoms with E-state index in [0.717, 1.165) is 4.70 Å². The standard InChI is InChI=1S/C17H12FNO3S/c18-12-6-7-14-11(8-12)9-15(23-14)17(21)22-10-16(20)19-13-4-2-1-3-5-13/h1-9H,10H2,(H,19,20). The second kappa shape index (κ2) is 6.58. The summed E-state index contributed by atoms with van der Waals surface area (Å²) in [5.41, 5.74) is 0.630. The average Bonchev–Trinajstić information content (AvgIpc) is 2.96. The summed E-state index contributed by atoms with van der Waals surface area (Å²) in [5, 5.41) is 3.26. The van der Waals surface area contributed by atoms with Crippen LogP contribution in [-0.2, 0) is 9.53 Å². The number of carbonyl (C=O) groups excluding carboxylic acids is 2. The second-order valence-electron chi connectivity index (χ2n) is 4.78. The summed E-state index contributed by atoms with van der Waals surface area (Å²) in [4.78, 5) is 24.0. The lowest BCUT2D eigenvalue weighted by Crippen LogP contribution is -2.20. The van der Waals surface area contributed by atoms with Crippen LogP contribution in [0.5, 0.6) is 0 Å². The third kappa shape index (κ3) is 3.73. The zero-order valence-electron chi connectivity index (χ0n) is 11.9. The van der Waals surface area contributed by atoms with Crippen molar-refractivity contribution in [2.75, 3.05) is 11.9 Å². The van der Waals surface area contributed by atoms with Crippen LogP contribution in [0.2, 0.25) is 0 Å². The zero-order chi connectivity index (χ0) is 16.2. The van der Waals surface area contributed by atoms with E-state index in [4.69, 9.17) is 4.74 Å². The highest BCUT2D eigenvalue weighted by atomic mass is 32.1. The van der Waals surface area contributed by atoms with Crippen molar-refractivity contribution in [2.45, 2.75) is 0 Å². The number of amides is 1. The molecule has 116 valence electrons. The summed E-state index contributed by atoms with van der Waals surface area (Å²) >= 11 is 1.20. The van der Waals surface area contributed by atoms with Crippen LogP contribution in [-0.4, -0.2) is 18.5 Å². The quantitative estimate of drug-likeness (QED) is 0.740. The van der Waals surface area contributed by atoms with E-state index in [9.17, 15) is 14.0 Å². The van der Waals surface area contributed by atoms with Crippen LogP contribution >= 0.6 is 11.3 Å². The molecule has 0 atom stereocenters. The molecular formula is C17H12FNO3S. The van der Waals surface area contributed by atoms with Gasteiger partial charge in [0.2, 0.25) is 0 Å². The lowest BCUT2D eigenvalue weighted by Gasteiger charge is -2.05. The van der Waals surface area contributed by atoms with Crippen molar-refractivity contribution in [2.24, 2.45) is 0 Å². The minimum atomic E-state index is -0.602. The largest absolute Gasteiger partial charge is 0.451 e. The Hall–Kier alpha value is -2.73. The van der Waals surface area contributed by atoms with Crippen LogP contribution in [0.15, 0.2) is 54.6 Å². The molecule has 4 nitrogen and oxygen atoms in total. The molecule has 3 rings (SSSR count). The Bertz CT molecular complexity index is 861. The Kier molecular flexibility index (Phi) is 4.34. The first-order chi connectivity index (χ1) is 11.1. The summed E-state index contributed by atoms with van der Waals surface area (Å²) in [6, 6.07) is 14.7. The summed E-state index contributed by atoms with van der Waals surface area (Å²) < 4.78 is 18.9. The highest BCUT2D eigenvalue weighted by Crippen LogP contribution is 2.26. The fourth-order valence-corrected chi connectivity index (χ4v) is 2.97. The van der Waals surface area contributed by atoms with Gasteiger partial charge >= 0.3 is 5.97 Å². The number of esters is 1. The van der Waals surface area contributed by atoms with E-state index >= 15 is 0 Å². The molecule has 6 heteroatoms. The van der Waals surface area contributed by atoms with E-state index in [0.29, 0.717) is 16.0 Å². The zero-order valence-corrected chi connectivity index (χ0v) is 12.7. The molecule has 0 unspecified atom stereocenters. The molecule has 0 saturated carbocycles. The number of halogens is 1. The molecule has 0 radical (unpaired) electrons. The highest BCUT2D eigenvalue weighted by Gasteiger charge is 2.14. The van der Waals surface area contributed by atoms with Gasteiger partial charge in [-0.2, -0.15) is 0 Å². The number of hydrogen-bond acceptors (Lipinski definition) is 4. The van der Waals surface area contributed by atoms with Crippen LogP contribution in [0.25, 0.3) is 10.1 Å².